The van der Waals surface area contributed by atoms with Gasteiger partial charge >= 0.3 is 6.03 Å². The maximum absolute atomic E-state index is 12.5. The van der Waals surface area contributed by atoms with E-state index >= 15 is 0 Å². The molecule has 1 N–H and O–H groups in total. The van der Waals surface area contributed by atoms with Crippen LogP contribution in [0.2, 0.25) is 0 Å². The van der Waals surface area contributed by atoms with Gasteiger partial charge in [0.15, 0.2) is 0 Å². The second-order valence-electron chi connectivity index (χ2n) is 6.84. The van der Waals surface area contributed by atoms with E-state index in [-0.39, 0.29) is 17.5 Å². The Bertz CT molecular complexity index is 569. The minimum atomic E-state index is -0.144. The summed E-state index contributed by atoms with van der Waals surface area (Å²) in [7, 11) is 0. The number of piperazine rings is 1. The van der Waals surface area contributed by atoms with Crippen LogP contribution in [0.25, 0.3) is 0 Å². The van der Waals surface area contributed by atoms with Crippen LogP contribution in [0.15, 0.2) is 10.9 Å². The fourth-order valence-corrected chi connectivity index (χ4v) is 4.64. The minimum Gasteiger partial charge on any atom is -0.338 e. The van der Waals surface area contributed by atoms with E-state index in [0.717, 1.165) is 37.8 Å². The van der Waals surface area contributed by atoms with Gasteiger partial charge in [0.25, 0.3) is 0 Å². The maximum Gasteiger partial charge on any atom is 0.317 e. The van der Waals surface area contributed by atoms with Gasteiger partial charge < -0.3 is 15.1 Å². The highest BCUT2D eigenvalue weighted by Gasteiger charge is 2.44. The Labute approximate surface area is 147 Å². The minimum absolute atomic E-state index is 0.0154. The Kier molecular flexibility index (Phi) is 5.38. The second-order valence-corrected chi connectivity index (χ2v) is 7.56. The Hall–Kier alpha value is -1.63. The summed E-state index contributed by atoms with van der Waals surface area (Å²) in [5.41, 5.74) is 2.69. The van der Waals surface area contributed by atoms with Crippen LogP contribution in [-0.4, -0.2) is 58.4 Å². The third-order valence-corrected chi connectivity index (χ3v) is 5.88. The number of nitrogens with zero attached hydrogens (tertiary/aromatic N) is 3. The zero-order valence-electron chi connectivity index (χ0n) is 14.3. The monoisotopic (exact) mass is 350 g/mol. The van der Waals surface area contributed by atoms with Gasteiger partial charge in [0, 0.05) is 44.9 Å². The van der Waals surface area contributed by atoms with Crippen LogP contribution in [0.4, 0.5) is 4.79 Å². The molecule has 1 aliphatic carbocycles. The largest absolute Gasteiger partial charge is 0.338 e. The van der Waals surface area contributed by atoms with Crippen LogP contribution in [0.5, 0.6) is 0 Å². The highest BCUT2D eigenvalue weighted by atomic mass is 32.1. The second kappa shape index (κ2) is 7.51. The van der Waals surface area contributed by atoms with E-state index in [4.69, 9.17) is 0 Å². The van der Waals surface area contributed by atoms with E-state index in [9.17, 15) is 9.59 Å². The summed E-state index contributed by atoms with van der Waals surface area (Å²) >= 11 is 1.57. The number of rotatable bonds is 3. The molecule has 1 aromatic rings. The van der Waals surface area contributed by atoms with E-state index in [2.05, 4.69) is 10.3 Å². The van der Waals surface area contributed by atoms with Crippen molar-refractivity contribution in [3.63, 3.8) is 0 Å². The molecule has 0 aromatic carbocycles. The first-order chi connectivity index (χ1) is 11.6. The van der Waals surface area contributed by atoms with Crippen molar-refractivity contribution in [2.75, 3.05) is 26.2 Å². The normalized spacial score (nSPS) is 20.2. The van der Waals surface area contributed by atoms with Gasteiger partial charge in [0.2, 0.25) is 5.91 Å². The number of carbonyl (C=O) groups excluding carboxylic acids is 2. The van der Waals surface area contributed by atoms with E-state index in [0.29, 0.717) is 26.2 Å². The highest BCUT2D eigenvalue weighted by molar-refractivity contribution is 7.07. The molecular formula is C17H26N4O2S. The van der Waals surface area contributed by atoms with Crippen molar-refractivity contribution in [1.82, 2.24) is 20.1 Å². The fourth-order valence-electron chi connectivity index (χ4n) is 4.05. The lowest BCUT2D eigenvalue weighted by Gasteiger charge is -2.52. The molecule has 0 unspecified atom stereocenters. The van der Waals surface area contributed by atoms with Crippen molar-refractivity contribution in [2.24, 2.45) is 0 Å². The molecule has 6 nitrogen and oxygen atoms in total. The zero-order valence-corrected chi connectivity index (χ0v) is 15.1. The van der Waals surface area contributed by atoms with Crippen LogP contribution in [0.1, 0.15) is 44.7 Å². The van der Waals surface area contributed by atoms with Crippen molar-refractivity contribution in [3.05, 3.63) is 16.6 Å². The lowest BCUT2D eigenvalue weighted by molar-refractivity contribution is -0.141. The summed E-state index contributed by atoms with van der Waals surface area (Å²) in [4.78, 5) is 32.7. The summed E-state index contributed by atoms with van der Waals surface area (Å²) < 4.78 is 0. The average Bonchev–Trinajstić information content (AvgIpc) is 3.08. The molecule has 7 heteroatoms. The molecule has 1 aromatic heterocycles. The lowest BCUT2D eigenvalue weighted by Crippen LogP contribution is -2.66. The van der Waals surface area contributed by atoms with E-state index < -0.39 is 0 Å². The number of nitrogens with one attached hydrogen (secondary N) is 1. The number of aromatic nitrogens is 1. The van der Waals surface area contributed by atoms with Crippen LogP contribution in [-0.2, 0) is 11.2 Å². The smallest absolute Gasteiger partial charge is 0.317 e. The summed E-state index contributed by atoms with van der Waals surface area (Å²) in [5.74, 6) is 0.139. The third-order valence-electron chi connectivity index (χ3n) is 5.24. The number of hydrogen-bond acceptors (Lipinski definition) is 4. The molecule has 132 valence electrons. The number of amides is 3. The van der Waals surface area contributed by atoms with Crippen LogP contribution in [0, 0.1) is 0 Å². The molecule has 0 bridgehead atoms. The van der Waals surface area contributed by atoms with Crippen LogP contribution < -0.4 is 5.32 Å². The van der Waals surface area contributed by atoms with Gasteiger partial charge in [0.05, 0.1) is 16.7 Å². The first-order valence-electron chi connectivity index (χ1n) is 8.79. The third kappa shape index (κ3) is 3.71. The van der Waals surface area contributed by atoms with Gasteiger partial charge in [-0.3, -0.25) is 4.79 Å². The Morgan fingerprint density at radius 1 is 1.29 bits per heavy atom. The molecule has 1 saturated carbocycles. The molecule has 2 fully saturated rings. The van der Waals surface area contributed by atoms with Crippen molar-refractivity contribution >= 4 is 23.3 Å². The SMILES string of the molecule is CC(=O)N1CCN(C(=O)NCCc2cscn2)CC12CCCCC2. The summed E-state index contributed by atoms with van der Waals surface area (Å²) in [5, 5.41) is 5.01. The maximum atomic E-state index is 12.5. The average molecular weight is 350 g/mol. The topological polar surface area (TPSA) is 65.5 Å². The summed E-state index contributed by atoms with van der Waals surface area (Å²) in [6, 6.07) is -0.0154. The van der Waals surface area contributed by atoms with Gasteiger partial charge in [-0.15, -0.1) is 11.3 Å². The highest BCUT2D eigenvalue weighted by Crippen LogP contribution is 2.36. The first kappa shape index (κ1) is 17.2. The quantitative estimate of drug-likeness (QED) is 0.909. The molecule has 1 saturated heterocycles. The predicted molar refractivity (Wildman–Crippen MR) is 94.0 cm³/mol. The molecule has 2 aliphatic rings. The number of hydrogen-bond donors (Lipinski definition) is 1. The molecule has 2 heterocycles. The van der Waals surface area contributed by atoms with Gasteiger partial charge in [0.1, 0.15) is 0 Å². The van der Waals surface area contributed by atoms with E-state index in [1.807, 2.05) is 20.7 Å². The van der Waals surface area contributed by atoms with E-state index in [1.54, 1.807) is 18.3 Å². The van der Waals surface area contributed by atoms with Gasteiger partial charge in [-0.2, -0.15) is 0 Å². The number of urea groups is 1. The molecule has 1 aliphatic heterocycles. The van der Waals surface area contributed by atoms with Crippen LogP contribution >= 0.6 is 11.3 Å². The fraction of sp³-hybridized carbons (Fsp3) is 0.706. The number of thiazole rings is 1. The van der Waals surface area contributed by atoms with Crippen molar-refractivity contribution in [2.45, 2.75) is 51.0 Å². The predicted octanol–water partition coefficient (Wildman–Crippen LogP) is 2.26. The zero-order chi connectivity index (χ0) is 17.0. The molecule has 24 heavy (non-hydrogen) atoms. The van der Waals surface area contributed by atoms with Gasteiger partial charge in [-0.05, 0) is 12.8 Å². The molecular weight excluding hydrogens is 324 g/mol. The first-order valence-corrected chi connectivity index (χ1v) is 9.73. The van der Waals surface area contributed by atoms with Crippen LogP contribution in [0.3, 0.4) is 0 Å². The molecule has 1 spiro atoms. The molecule has 3 amide bonds. The lowest BCUT2D eigenvalue weighted by atomic mass is 9.78. The van der Waals surface area contributed by atoms with Gasteiger partial charge in [-0.1, -0.05) is 19.3 Å². The standard InChI is InChI=1S/C17H26N4O2S/c1-14(22)21-10-9-20(12-17(21)6-3-2-4-7-17)16(23)18-8-5-15-11-24-13-19-15/h11,13H,2-10,12H2,1H3,(H,18,23). The molecule has 3 rings (SSSR count). The Morgan fingerprint density at radius 2 is 2.08 bits per heavy atom. The summed E-state index contributed by atoms with van der Waals surface area (Å²) in [6.45, 7) is 4.18. The molecule has 0 atom stereocenters. The Morgan fingerprint density at radius 3 is 2.75 bits per heavy atom. The number of carbonyl (C=O) groups is 2. The Balaban J connectivity index is 1.58. The molecule has 0 radical (unpaired) electrons. The van der Waals surface area contributed by atoms with E-state index in [1.165, 1.54) is 6.42 Å². The van der Waals surface area contributed by atoms with Crippen molar-refractivity contribution in [3.8, 4) is 0 Å². The summed E-state index contributed by atoms with van der Waals surface area (Å²) in [6.07, 6.45) is 6.29. The van der Waals surface area contributed by atoms with Gasteiger partial charge in [-0.25, -0.2) is 9.78 Å². The van der Waals surface area contributed by atoms with Crippen molar-refractivity contribution in [1.29, 1.82) is 0 Å². The van der Waals surface area contributed by atoms with Crippen molar-refractivity contribution < 1.29 is 9.59 Å².